The minimum Gasteiger partial charge on any atom is -0.309 e. The quantitative estimate of drug-likeness (QED) is 0.829. The van der Waals surface area contributed by atoms with E-state index in [1.165, 1.54) is 17.2 Å². The van der Waals surface area contributed by atoms with Gasteiger partial charge in [-0.15, -0.1) is 0 Å². The van der Waals surface area contributed by atoms with Crippen molar-refractivity contribution < 1.29 is 4.39 Å². The summed E-state index contributed by atoms with van der Waals surface area (Å²) in [5.74, 6) is -0.347. The van der Waals surface area contributed by atoms with Gasteiger partial charge in [0, 0.05) is 18.7 Å². The van der Waals surface area contributed by atoms with E-state index in [-0.39, 0.29) is 5.82 Å². The lowest BCUT2D eigenvalue weighted by Gasteiger charge is -2.07. The molecular formula is C15H11FN2. The molecule has 1 aliphatic rings. The molecule has 1 N–H and O–H groups in total. The van der Waals surface area contributed by atoms with Crippen molar-refractivity contribution in [2.24, 2.45) is 0 Å². The van der Waals surface area contributed by atoms with Gasteiger partial charge < -0.3 is 5.32 Å². The fraction of sp³-hybridized carbons (Fsp3) is 0.133. The van der Waals surface area contributed by atoms with Crippen LogP contribution in [0.3, 0.4) is 0 Å². The lowest BCUT2D eigenvalue weighted by molar-refractivity contribution is 0.631. The zero-order valence-corrected chi connectivity index (χ0v) is 9.70. The number of nitriles is 1. The molecule has 1 aliphatic heterocycles. The summed E-state index contributed by atoms with van der Waals surface area (Å²) in [5, 5.41) is 12.3. The molecule has 0 atom stereocenters. The number of nitrogens with zero attached hydrogens (tertiary/aromatic N) is 1. The fourth-order valence-electron chi connectivity index (χ4n) is 2.36. The number of fused-ring (bicyclic) bond motifs is 1. The van der Waals surface area contributed by atoms with Crippen molar-refractivity contribution in [3.05, 3.63) is 58.9 Å². The number of nitrogens with one attached hydrogen (secondary N) is 1. The second-order valence-corrected chi connectivity index (χ2v) is 4.36. The van der Waals surface area contributed by atoms with Crippen molar-refractivity contribution in [3.8, 4) is 17.2 Å². The summed E-state index contributed by atoms with van der Waals surface area (Å²) in [6.45, 7) is 1.66. The summed E-state index contributed by atoms with van der Waals surface area (Å²) >= 11 is 0. The topological polar surface area (TPSA) is 35.8 Å². The molecule has 18 heavy (non-hydrogen) atoms. The molecule has 2 nitrogen and oxygen atoms in total. The van der Waals surface area contributed by atoms with Gasteiger partial charge in [0.25, 0.3) is 0 Å². The summed E-state index contributed by atoms with van der Waals surface area (Å²) in [6, 6.07) is 12.5. The highest BCUT2D eigenvalue weighted by molar-refractivity contribution is 5.72. The maximum atomic E-state index is 13.9. The molecule has 3 heteroatoms. The zero-order chi connectivity index (χ0) is 12.5. The Labute approximate surface area is 105 Å². The molecule has 0 unspecified atom stereocenters. The third-order valence-corrected chi connectivity index (χ3v) is 3.26. The molecule has 0 radical (unpaired) electrons. The van der Waals surface area contributed by atoms with Crippen LogP contribution in [0.25, 0.3) is 11.1 Å². The van der Waals surface area contributed by atoms with Crippen LogP contribution in [0.4, 0.5) is 4.39 Å². The van der Waals surface area contributed by atoms with Gasteiger partial charge in [0.1, 0.15) is 5.82 Å². The van der Waals surface area contributed by atoms with Crippen LogP contribution >= 0.6 is 0 Å². The minimum absolute atomic E-state index is 0.347. The van der Waals surface area contributed by atoms with Crippen molar-refractivity contribution in [2.75, 3.05) is 0 Å². The van der Waals surface area contributed by atoms with Gasteiger partial charge in [0.15, 0.2) is 0 Å². The average Bonchev–Trinajstić information content (AvgIpc) is 2.85. The summed E-state index contributed by atoms with van der Waals surface area (Å²) in [4.78, 5) is 0. The Bertz CT molecular complexity index is 656. The first kappa shape index (κ1) is 10.9. The highest BCUT2D eigenvalue weighted by Crippen LogP contribution is 2.29. The third kappa shape index (κ3) is 1.68. The van der Waals surface area contributed by atoms with E-state index in [4.69, 9.17) is 5.26 Å². The van der Waals surface area contributed by atoms with Gasteiger partial charge in [-0.25, -0.2) is 4.39 Å². The van der Waals surface area contributed by atoms with E-state index in [0.29, 0.717) is 11.1 Å². The molecule has 0 saturated carbocycles. The molecule has 0 spiro atoms. The van der Waals surface area contributed by atoms with E-state index in [9.17, 15) is 4.39 Å². The molecule has 0 aliphatic carbocycles. The third-order valence-electron chi connectivity index (χ3n) is 3.26. The molecule has 1 heterocycles. The van der Waals surface area contributed by atoms with Crippen LogP contribution in [-0.2, 0) is 13.1 Å². The van der Waals surface area contributed by atoms with Crippen molar-refractivity contribution in [2.45, 2.75) is 13.1 Å². The van der Waals surface area contributed by atoms with Gasteiger partial charge in [-0.05, 0) is 34.9 Å². The lowest BCUT2D eigenvalue weighted by Crippen LogP contribution is -1.99. The van der Waals surface area contributed by atoms with E-state index in [1.807, 2.05) is 24.3 Å². The number of hydrogen-bond donors (Lipinski definition) is 1. The predicted octanol–water partition coefficient (Wildman–Crippen LogP) is 2.97. The molecule has 0 saturated heterocycles. The van der Waals surface area contributed by atoms with Crippen molar-refractivity contribution in [1.82, 2.24) is 5.32 Å². The maximum Gasteiger partial charge on any atom is 0.132 e. The monoisotopic (exact) mass is 238 g/mol. The van der Waals surface area contributed by atoms with Crippen LogP contribution in [0.5, 0.6) is 0 Å². The second kappa shape index (κ2) is 4.25. The Morgan fingerprint density at radius 3 is 2.78 bits per heavy atom. The van der Waals surface area contributed by atoms with Crippen LogP contribution in [0.2, 0.25) is 0 Å². The first-order valence-corrected chi connectivity index (χ1v) is 5.81. The van der Waals surface area contributed by atoms with Crippen molar-refractivity contribution >= 4 is 0 Å². The van der Waals surface area contributed by atoms with Gasteiger partial charge in [-0.3, -0.25) is 0 Å². The molecule has 2 aromatic carbocycles. The number of hydrogen-bond acceptors (Lipinski definition) is 2. The van der Waals surface area contributed by atoms with E-state index < -0.39 is 0 Å². The average molecular weight is 238 g/mol. The Morgan fingerprint density at radius 2 is 1.94 bits per heavy atom. The standard InChI is InChI=1S/C15H11FN2/c16-14-3-1-2-11(7-17)15(14)10-4-5-12-8-18-9-13(12)6-10/h1-6,18H,8-9H2. The second-order valence-electron chi connectivity index (χ2n) is 4.36. The normalized spacial score (nSPS) is 13.1. The van der Waals surface area contributed by atoms with Gasteiger partial charge in [0.2, 0.25) is 0 Å². The van der Waals surface area contributed by atoms with Gasteiger partial charge in [-0.1, -0.05) is 18.2 Å². The van der Waals surface area contributed by atoms with Crippen LogP contribution in [0.15, 0.2) is 36.4 Å². The summed E-state index contributed by atoms with van der Waals surface area (Å²) in [7, 11) is 0. The van der Waals surface area contributed by atoms with E-state index in [1.54, 1.807) is 12.1 Å². The van der Waals surface area contributed by atoms with Crippen molar-refractivity contribution in [1.29, 1.82) is 5.26 Å². The highest BCUT2D eigenvalue weighted by Gasteiger charge is 2.15. The number of rotatable bonds is 1. The van der Waals surface area contributed by atoms with Crippen LogP contribution in [0.1, 0.15) is 16.7 Å². The summed E-state index contributed by atoms with van der Waals surface area (Å²) in [6.07, 6.45) is 0. The van der Waals surface area contributed by atoms with Crippen molar-refractivity contribution in [3.63, 3.8) is 0 Å². The Balaban J connectivity index is 2.19. The van der Waals surface area contributed by atoms with Gasteiger partial charge >= 0.3 is 0 Å². The Morgan fingerprint density at radius 1 is 1.11 bits per heavy atom. The van der Waals surface area contributed by atoms with Crippen LogP contribution < -0.4 is 5.32 Å². The first-order chi connectivity index (χ1) is 8.79. The molecular weight excluding hydrogens is 227 g/mol. The van der Waals surface area contributed by atoms with E-state index in [2.05, 4.69) is 5.32 Å². The zero-order valence-electron chi connectivity index (χ0n) is 9.70. The molecule has 0 amide bonds. The SMILES string of the molecule is N#Cc1cccc(F)c1-c1ccc2c(c1)CNC2. The molecule has 0 bridgehead atoms. The summed E-state index contributed by atoms with van der Waals surface area (Å²) < 4.78 is 13.9. The maximum absolute atomic E-state index is 13.9. The van der Waals surface area contributed by atoms with E-state index in [0.717, 1.165) is 18.7 Å². The highest BCUT2D eigenvalue weighted by atomic mass is 19.1. The number of benzene rings is 2. The van der Waals surface area contributed by atoms with Crippen LogP contribution in [0, 0.1) is 17.1 Å². The first-order valence-electron chi connectivity index (χ1n) is 5.81. The molecule has 88 valence electrons. The molecule has 0 aromatic heterocycles. The number of halogens is 1. The molecule has 0 fully saturated rings. The Kier molecular flexibility index (Phi) is 2.58. The van der Waals surface area contributed by atoms with Crippen LogP contribution in [-0.4, -0.2) is 0 Å². The summed E-state index contributed by atoms with van der Waals surface area (Å²) in [5.41, 5.74) is 3.97. The smallest absolute Gasteiger partial charge is 0.132 e. The fourth-order valence-corrected chi connectivity index (χ4v) is 2.36. The van der Waals surface area contributed by atoms with Gasteiger partial charge in [0.05, 0.1) is 11.6 Å². The largest absolute Gasteiger partial charge is 0.309 e. The molecule has 3 rings (SSSR count). The lowest BCUT2D eigenvalue weighted by atomic mass is 9.96. The predicted molar refractivity (Wildman–Crippen MR) is 67.1 cm³/mol. The van der Waals surface area contributed by atoms with E-state index >= 15 is 0 Å². The Hall–Kier alpha value is -2.18. The molecule has 2 aromatic rings. The van der Waals surface area contributed by atoms with Gasteiger partial charge in [-0.2, -0.15) is 5.26 Å². The minimum atomic E-state index is -0.347.